The van der Waals surface area contributed by atoms with Crippen molar-refractivity contribution in [2.75, 3.05) is 25.1 Å². The highest BCUT2D eigenvalue weighted by molar-refractivity contribution is 5.51. The van der Waals surface area contributed by atoms with Gasteiger partial charge in [-0.1, -0.05) is 92.8 Å². The third kappa shape index (κ3) is 6.62. The normalized spacial score (nSPS) is 14.5. The highest BCUT2D eigenvalue weighted by Crippen LogP contribution is 2.27. The molecule has 1 heterocycles. The Morgan fingerprint density at radius 3 is 2.48 bits per heavy atom. The van der Waals surface area contributed by atoms with Crippen LogP contribution in [0.2, 0.25) is 0 Å². The van der Waals surface area contributed by atoms with Gasteiger partial charge in [-0.15, -0.1) is 0 Å². The molecule has 1 aromatic heterocycles. The predicted molar refractivity (Wildman–Crippen MR) is 135 cm³/mol. The average molecular weight is 447 g/mol. The molecule has 174 valence electrons. The summed E-state index contributed by atoms with van der Waals surface area (Å²) in [5, 5.41) is 9.79. The summed E-state index contributed by atoms with van der Waals surface area (Å²) < 4.78 is 7.58. The molecule has 0 atom stereocenters. The maximum Gasteiger partial charge on any atom is 0.315 e. The van der Waals surface area contributed by atoms with Crippen LogP contribution in [0.4, 0.5) is 5.82 Å². The van der Waals surface area contributed by atoms with Gasteiger partial charge in [0, 0.05) is 6.54 Å². The van der Waals surface area contributed by atoms with Crippen molar-refractivity contribution in [2.24, 2.45) is 5.92 Å². The van der Waals surface area contributed by atoms with Crippen LogP contribution in [0, 0.1) is 5.92 Å². The van der Waals surface area contributed by atoms with Gasteiger partial charge in [-0.2, -0.15) is 0 Å². The quantitative estimate of drug-likeness (QED) is 0.280. The van der Waals surface area contributed by atoms with Gasteiger partial charge in [-0.25, -0.2) is 4.68 Å². The molecule has 1 aliphatic carbocycles. The number of nitrogens with one attached hydrogen (secondary N) is 3. The van der Waals surface area contributed by atoms with Gasteiger partial charge < -0.3 is 10.1 Å². The SMILES string of the molecule is O=c1c(OCCC2CCCCC2)c(NCNC/C=C/c2ccccc2)[nH]n1-c1ccccc1. The molecule has 0 saturated heterocycles. The number of ether oxygens (including phenoxy) is 1. The van der Waals surface area contributed by atoms with E-state index in [1.54, 1.807) is 0 Å². The third-order valence-electron chi connectivity index (χ3n) is 6.12. The molecule has 1 aliphatic rings. The van der Waals surface area contributed by atoms with E-state index in [0.29, 0.717) is 37.3 Å². The molecule has 6 heteroatoms. The zero-order chi connectivity index (χ0) is 22.7. The van der Waals surface area contributed by atoms with Crippen molar-refractivity contribution in [3.8, 4) is 11.4 Å². The Balaban J connectivity index is 1.36. The Morgan fingerprint density at radius 1 is 1.00 bits per heavy atom. The van der Waals surface area contributed by atoms with E-state index in [-0.39, 0.29) is 5.56 Å². The van der Waals surface area contributed by atoms with Gasteiger partial charge in [0.15, 0.2) is 5.82 Å². The van der Waals surface area contributed by atoms with Gasteiger partial charge >= 0.3 is 5.56 Å². The first-order chi connectivity index (χ1) is 16.3. The number of aromatic nitrogens is 2. The molecule has 0 aliphatic heterocycles. The van der Waals surface area contributed by atoms with Crippen LogP contribution in [0.1, 0.15) is 44.1 Å². The number of aromatic amines is 1. The van der Waals surface area contributed by atoms with E-state index in [4.69, 9.17) is 4.74 Å². The second kappa shape index (κ2) is 12.1. The van der Waals surface area contributed by atoms with E-state index < -0.39 is 0 Å². The van der Waals surface area contributed by atoms with Crippen molar-refractivity contribution in [1.82, 2.24) is 15.1 Å². The molecule has 3 aromatic rings. The number of para-hydroxylation sites is 1. The summed E-state index contributed by atoms with van der Waals surface area (Å²) in [6.07, 6.45) is 11.7. The van der Waals surface area contributed by atoms with Gasteiger partial charge in [0.2, 0.25) is 5.75 Å². The van der Waals surface area contributed by atoms with Crippen LogP contribution in [-0.2, 0) is 0 Å². The molecule has 3 N–H and O–H groups in total. The standard InChI is InChI=1S/C27H34N4O2/c32-27-25(33-20-18-23-13-6-2-7-14-23)26(30-31(27)24-16-8-3-9-17-24)29-21-28-19-10-15-22-11-4-1-5-12-22/h1,3-5,8-12,15-17,23,28-30H,2,6-7,13-14,18-21H2/b15-10+. The van der Waals surface area contributed by atoms with Gasteiger partial charge in [-0.05, 0) is 30.0 Å². The lowest BCUT2D eigenvalue weighted by Crippen LogP contribution is -2.22. The van der Waals surface area contributed by atoms with Crippen LogP contribution < -0.4 is 20.9 Å². The molecule has 4 rings (SSSR count). The fraction of sp³-hybridized carbons (Fsp3) is 0.370. The number of rotatable bonds is 11. The fourth-order valence-electron chi connectivity index (χ4n) is 4.30. The zero-order valence-corrected chi connectivity index (χ0v) is 19.1. The number of hydrogen-bond acceptors (Lipinski definition) is 4. The minimum Gasteiger partial charge on any atom is -0.485 e. The van der Waals surface area contributed by atoms with Crippen molar-refractivity contribution < 1.29 is 4.74 Å². The average Bonchev–Trinajstić information content (AvgIpc) is 3.18. The molecule has 1 fully saturated rings. The summed E-state index contributed by atoms with van der Waals surface area (Å²) in [6, 6.07) is 19.8. The third-order valence-corrected chi connectivity index (χ3v) is 6.12. The minimum atomic E-state index is -0.170. The van der Waals surface area contributed by atoms with E-state index >= 15 is 0 Å². The number of H-pyrrole nitrogens is 1. The molecule has 33 heavy (non-hydrogen) atoms. The summed E-state index contributed by atoms with van der Waals surface area (Å²) >= 11 is 0. The van der Waals surface area contributed by atoms with E-state index in [2.05, 4.69) is 40.0 Å². The topological polar surface area (TPSA) is 71.1 Å². The van der Waals surface area contributed by atoms with Crippen LogP contribution in [0.3, 0.4) is 0 Å². The molecule has 0 unspecified atom stereocenters. The molecular formula is C27H34N4O2. The van der Waals surface area contributed by atoms with Crippen LogP contribution in [0.25, 0.3) is 11.8 Å². The Hall–Kier alpha value is -3.25. The van der Waals surface area contributed by atoms with Crippen LogP contribution in [-0.4, -0.2) is 29.6 Å². The predicted octanol–water partition coefficient (Wildman–Crippen LogP) is 5.19. The number of anilines is 1. The largest absolute Gasteiger partial charge is 0.485 e. The van der Waals surface area contributed by atoms with Gasteiger partial charge in [0.25, 0.3) is 0 Å². The Morgan fingerprint density at radius 2 is 1.73 bits per heavy atom. The number of hydrogen-bond donors (Lipinski definition) is 3. The lowest BCUT2D eigenvalue weighted by atomic mass is 9.87. The second-order valence-electron chi connectivity index (χ2n) is 8.55. The number of benzene rings is 2. The van der Waals surface area contributed by atoms with Crippen LogP contribution in [0.15, 0.2) is 71.5 Å². The molecule has 0 amide bonds. The summed E-state index contributed by atoms with van der Waals surface area (Å²) in [4.78, 5) is 13.1. The summed E-state index contributed by atoms with van der Waals surface area (Å²) in [5.74, 6) is 1.67. The maximum absolute atomic E-state index is 13.1. The van der Waals surface area contributed by atoms with E-state index in [9.17, 15) is 4.79 Å². The summed E-state index contributed by atoms with van der Waals surface area (Å²) in [7, 11) is 0. The highest BCUT2D eigenvalue weighted by Gasteiger charge is 2.18. The molecule has 0 radical (unpaired) electrons. The molecule has 0 spiro atoms. The number of nitrogens with zero attached hydrogens (tertiary/aromatic N) is 1. The first-order valence-electron chi connectivity index (χ1n) is 12.0. The molecular weight excluding hydrogens is 412 g/mol. The van der Waals surface area contributed by atoms with Crippen LogP contribution >= 0.6 is 0 Å². The second-order valence-corrected chi connectivity index (χ2v) is 8.55. The van der Waals surface area contributed by atoms with Gasteiger partial charge in [-0.3, -0.25) is 15.2 Å². The monoisotopic (exact) mass is 446 g/mol. The molecule has 1 saturated carbocycles. The fourth-order valence-corrected chi connectivity index (χ4v) is 4.30. The summed E-state index contributed by atoms with van der Waals surface area (Å²) in [5.41, 5.74) is 1.79. The first kappa shape index (κ1) is 22.9. The molecule has 2 aromatic carbocycles. The van der Waals surface area contributed by atoms with E-state index in [1.807, 2.05) is 48.5 Å². The van der Waals surface area contributed by atoms with Crippen molar-refractivity contribution in [2.45, 2.75) is 38.5 Å². The highest BCUT2D eigenvalue weighted by atomic mass is 16.5. The van der Waals surface area contributed by atoms with Gasteiger partial charge in [0.05, 0.1) is 19.0 Å². The smallest absolute Gasteiger partial charge is 0.315 e. The van der Waals surface area contributed by atoms with E-state index in [0.717, 1.165) is 12.1 Å². The van der Waals surface area contributed by atoms with Crippen molar-refractivity contribution in [3.05, 3.63) is 82.7 Å². The van der Waals surface area contributed by atoms with Crippen molar-refractivity contribution >= 4 is 11.9 Å². The first-order valence-corrected chi connectivity index (χ1v) is 12.0. The van der Waals surface area contributed by atoms with Gasteiger partial charge in [0.1, 0.15) is 0 Å². The van der Waals surface area contributed by atoms with Crippen LogP contribution in [0.5, 0.6) is 5.75 Å². The Labute approximate surface area is 195 Å². The van der Waals surface area contributed by atoms with Crippen molar-refractivity contribution in [1.29, 1.82) is 0 Å². The molecule has 6 nitrogen and oxygen atoms in total. The Bertz CT molecular complexity index is 1050. The van der Waals surface area contributed by atoms with Crippen molar-refractivity contribution in [3.63, 3.8) is 0 Å². The zero-order valence-electron chi connectivity index (χ0n) is 19.1. The lowest BCUT2D eigenvalue weighted by molar-refractivity contribution is 0.245. The lowest BCUT2D eigenvalue weighted by Gasteiger charge is -2.21. The summed E-state index contributed by atoms with van der Waals surface area (Å²) in [6.45, 7) is 1.78. The molecule has 0 bridgehead atoms. The minimum absolute atomic E-state index is 0.170. The van der Waals surface area contributed by atoms with E-state index in [1.165, 1.54) is 42.3 Å². The Kier molecular flexibility index (Phi) is 8.42. The maximum atomic E-state index is 13.1.